The monoisotopic (exact) mass is 449 g/mol. The minimum Gasteiger partial charge on any atom is -0.480 e. The first-order chi connectivity index (χ1) is 14.8. The van der Waals surface area contributed by atoms with Gasteiger partial charge >= 0.3 is 0 Å². The lowest BCUT2D eigenvalue weighted by Gasteiger charge is -2.49. The third kappa shape index (κ3) is 3.83. The van der Waals surface area contributed by atoms with Gasteiger partial charge in [-0.05, 0) is 25.1 Å². The molecule has 0 bridgehead atoms. The second-order valence-electron chi connectivity index (χ2n) is 7.48. The lowest BCUT2D eigenvalue weighted by molar-refractivity contribution is -0.107. The number of carbonyl (C=O) groups excluding carboxylic acids is 1. The number of hydrogen-bond donors (Lipinski definition) is 2. The van der Waals surface area contributed by atoms with Crippen LogP contribution in [0.5, 0.6) is 5.88 Å². The van der Waals surface area contributed by atoms with Gasteiger partial charge in [0.15, 0.2) is 10.8 Å². The van der Waals surface area contributed by atoms with E-state index in [1.807, 2.05) is 0 Å². The van der Waals surface area contributed by atoms with Crippen LogP contribution < -0.4 is 15.8 Å². The molecule has 1 aromatic heterocycles. The maximum absolute atomic E-state index is 16.1. The van der Waals surface area contributed by atoms with Crippen molar-refractivity contribution in [3.63, 3.8) is 0 Å². The summed E-state index contributed by atoms with van der Waals surface area (Å²) in [4.78, 5) is 24.8. The van der Waals surface area contributed by atoms with Gasteiger partial charge in [-0.15, -0.1) is 0 Å². The van der Waals surface area contributed by atoms with E-state index in [-0.39, 0.29) is 52.9 Å². The molecule has 0 radical (unpaired) electrons. The first-order valence-electron chi connectivity index (χ1n) is 9.52. The Bertz CT molecular complexity index is 1040. The van der Waals surface area contributed by atoms with Gasteiger partial charge in [0.05, 0.1) is 32.2 Å². The molecule has 0 unspecified atom stereocenters. The quantitative estimate of drug-likeness (QED) is 0.738. The van der Waals surface area contributed by atoms with E-state index < -0.39 is 22.9 Å². The number of halogens is 2. The molecule has 1 fully saturated rings. The number of aliphatic imine (C=N–C) groups is 1. The Morgan fingerprint density at radius 2 is 2.19 bits per heavy atom. The minimum absolute atomic E-state index is 0.0243. The van der Waals surface area contributed by atoms with Crippen molar-refractivity contribution in [2.24, 2.45) is 10.7 Å². The molecule has 0 spiro atoms. The summed E-state index contributed by atoms with van der Waals surface area (Å²) >= 11 is 1.10. The Balaban J connectivity index is 1.70. The van der Waals surface area contributed by atoms with Gasteiger partial charge in [-0.3, -0.25) is 4.79 Å². The molecule has 3 N–H and O–H groups in total. The number of hydrogen-bond acceptors (Lipinski definition) is 8. The van der Waals surface area contributed by atoms with Gasteiger partial charge in [0.1, 0.15) is 17.1 Å². The number of nitrogens with two attached hydrogens (primary N) is 1. The Morgan fingerprint density at radius 1 is 1.39 bits per heavy atom. The number of rotatable bonds is 4. The molecule has 2 aliphatic rings. The van der Waals surface area contributed by atoms with Crippen molar-refractivity contribution < 1.29 is 23.0 Å². The molecule has 11 heteroatoms. The predicted molar refractivity (Wildman–Crippen MR) is 113 cm³/mol. The van der Waals surface area contributed by atoms with Gasteiger partial charge < -0.3 is 20.5 Å². The van der Waals surface area contributed by atoms with Crippen molar-refractivity contribution in [1.82, 2.24) is 9.97 Å². The van der Waals surface area contributed by atoms with Crippen LogP contribution in [0.1, 0.15) is 29.4 Å². The second kappa shape index (κ2) is 8.04. The highest BCUT2D eigenvalue weighted by Crippen LogP contribution is 2.51. The lowest BCUT2D eigenvalue weighted by atomic mass is 9.72. The SMILES string of the molecule is COc1cnc(C(=O)Nc2ccc(F)c([C@]34CO[C@@H](C)C[C@@]3(F)CSC(N)=N4)c2)cn1. The molecule has 2 aliphatic heterocycles. The van der Waals surface area contributed by atoms with Crippen molar-refractivity contribution in [2.45, 2.75) is 30.7 Å². The second-order valence-corrected chi connectivity index (χ2v) is 8.48. The average Bonchev–Trinajstić information content (AvgIpc) is 2.75. The van der Waals surface area contributed by atoms with Gasteiger partial charge in [0.2, 0.25) is 5.88 Å². The van der Waals surface area contributed by atoms with E-state index in [1.54, 1.807) is 6.92 Å². The third-order valence-electron chi connectivity index (χ3n) is 5.42. The summed E-state index contributed by atoms with van der Waals surface area (Å²) in [6.07, 6.45) is 2.27. The van der Waals surface area contributed by atoms with E-state index in [2.05, 4.69) is 20.3 Å². The number of anilines is 1. The summed E-state index contributed by atoms with van der Waals surface area (Å²) in [5, 5.41) is 2.79. The Labute approximate surface area is 181 Å². The van der Waals surface area contributed by atoms with Gasteiger partial charge in [-0.2, -0.15) is 0 Å². The number of ether oxygens (including phenoxy) is 2. The van der Waals surface area contributed by atoms with Gasteiger partial charge in [0.25, 0.3) is 5.91 Å². The number of nitrogens with one attached hydrogen (secondary N) is 1. The molecule has 31 heavy (non-hydrogen) atoms. The number of fused-ring (bicyclic) bond motifs is 1. The fraction of sp³-hybridized carbons (Fsp3) is 0.400. The van der Waals surface area contributed by atoms with Crippen LogP contribution in [0, 0.1) is 5.82 Å². The molecule has 1 saturated heterocycles. The summed E-state index contributed by atoms with van der Waals surface area (Å²) in [5.74, 6) is -0.928. The van der Waals surface area contributed by atoms with E-state index >= 15 is 4.39 Å². The molecule has 3 atom stereocenters. The molecule has 0 aliphatic carbocycles. The highest BCUT2D eigenvalue weighted by atomic mass is 32.2. The van der Waals surface area contributed by atoms with Gasteiger partial charge in [0, 0.05) is 23.4 Å². The van der Waals surface area contributed by atoms with Crippen LogP contribution in [0.3, 0.4) is 0 Å². The van der Waals surface area contributed by atoms with Crippen LogP contribution in [0.2, 0.25) is 0 Å². The highest BCUT2D eigenvalue weighted by molar-refractivity contribution is 8.13. The Morgan fingerprint density at radius 3 is 2.90 bits per heavy atom. The highest BCUT2D eigenvalue weighted by Gasteiger charge is 2.60. The van der Waals surface area contributed by atoms with Crippen molar-refractivity contribution >= 4 is 28.5 Å². The molecular formula is C20H21F2N5O3S. The summed E-state index contributed by atoms with van der Waals surface area (Å²) in [6, 6.07) is 3.90. The number of benzene rings is 1. The standard InChI is InChI=1S/C20H21F2N5O3S/c1-11-6-19(22)10-31-18(23)27-20(19,9-30-11)13-5-12(3-4-14(13)21)26-17(28)15-7-25-16(29-2)8-24-15/h3-5,7-8,11H,6,9-10H2,1-2H3,(H2,23,27)(H,26,28)/t11-,19+,20+/m0/s1. The maximum Gasteiger partial charge on any atom is 0.275 e. The molecule has 2 aromatic rings. The van der Waals surface area contributed by atoms with Crippen molar-refractivity contribution in [3.8, 4) is 5.88 Å². The fourth-order valence-corrected chi connectivity index (χ4v) is 4.78. The number of alkyl halides is 1. The maximum atomic E-state index is 16.1. The average molecular weight is 449 g/mol. The van der Waals surface area contributed by atoms with Crippen LogP contribution >= 0.6 is 11.8 Å². The van der Waals surface area contributed by atoms with Gasteiger partial charge in [-0.25, -0.2) is 23.7 Å². The summed E-state index contributed by atoms with van der Waals surface area (Å²) in [6.45, 7) is 1.60. The summed E-state index contributed by atoms with van der Waals surface area (Å²) in [5.41, 5.74) is 2.67. The van der Waals surface area contributed by atoms with Crippen molar-refractivity contribution in [2.75, 3.05) is 24.8 Å². The largest absolute Gasteiger partial charge is 0.480 e. The normalized spacial score (nSPS) is 27.7. The molecule has 4 rings (SSSR count). The number of nitrogens with zero attached hydrogens (tertiary/aromatic N) is 3. The topological polar surface area (TPSA) is 112 Å². The summed E-state index contributed by atoms with van der Waals surface area (Å²) in [7, 11) is 1.43. The van der Waals surface area contributed by atoms with E-state index in [0.29, 0.717) is 0 Å². The van der Waals surface area contributed by atoms with Crippen LogP contribution in [0.25, 0.3) is 0 Å². The Kier molecular flexibility index (Phi) is 5.56. The molecule has 3 heterocycles. The molecule has 1 amide bonds. The first-order valence-corrected chi connectivity index (χ1v) is 10.5. The number of methoxy groups -OCH3 is 1. The zero-order chi connectivity index (χ0) is 22.2. The smallest absolute Gasteiger partial charge is 0.275 e. The predicted octanol–water partition coefficient (Wildman–Crippen LogP) is 2.65. The van der Waals surface area contributed by atoms with Crippen molar-refractivity contribution in [1.29, 1.82) is 0 Å². The van der Waals surface area contributed by atoms with E-state index in [1.165, 1.54) is 31.6 Å². The van der Waals surface area contributed by atoms with E-state index in [4.69, 9.17) is 15.2 Å². The van der Waals surface area contributed by atoms with Crippen molar-refractivity contribution in [3.05, 3.63) is 47.7 Å². The van der Waals surface area contributed by atoms with E-state index in [9.17, 15) is 9.18 Å². The van der Waals surface area contributed by atoms with Crippen LogP contribution in [0.4, 0.5) is 14.5 Å². The molecule has 164 valence electrons. The fourth-order valence-electron chi connectivity index (χ4n) is 3.83. The molecule has 0 saturated carbocycles. The van der Waals surface area contributed by atoms with Gasteiger partial charge in [-0.1, -0.05) is 11.8 Å². The number of amides is 1. The zero-order valence-electron chi connectivity index (χ0n) is 16.9. The molecule has 8 nitrogen and oxygen atoms in total. The van der Waals surface area contributed by atoms with Crippen LogP contribution in [-0.2, 0) is 10.3 Å². The lowest BCUT2D eigenvalue weighted by Crippen LogP contribution is -2.60. The van der Waals surface area contributed by atoms with Crippen LogP contribution in [0.15, 0.2) is 35.6 Å². The number of amidine groups is 1. The van der Waals surface area contributed by atoms with E-state index in [0.717, 1.165) is 17.8 Å². The Hall–Kier alpha value is -2.79. The zero-order valence-corrected chi connectivity index (χ0v) is 17.7. The number of thioether (sulfide) groups is 1. The van der Waals surface area contributed by atoms with Crippen LogP contribution in [-0.4, -0.2) is 52.3 Å². The molecule has 1 aromatic carbocycles. The third-order valence-corrected chi connectivity index (χ3v) is 6.41. The molecular weight excluding hydrogens is 428 g/mol. The number of carbonyl (C=O) groups is 1. The minimum atomic E-state index is -1.86. The first kappa shape index (κ1) is 21.4. The summed E-state index contributed by atoms with van der Waals surface area (Å²) < 4.78 is 41.7. The number of aromatic nitrogens is 2.